The number of carbonyl (C=O) groups excluding carboxylic acids is 1. The van der Waals surface area contributed by atoms with Crippen molar-refractivity contribution >= 4 is 32.8 Å². The SMILES string of the molecule is O=C1c2oc3ccc(Br)cc3c(=O)c2C(c2cccnc2)N1Cc1ccco1. The van der Waals surface area contributed by atoms with E-state index in [-0.39, 0.29) is 23.6 Å². The molecular weight excluding hydrogens is 424 g/mol. The maximum Gasteiger partial charge on any atom is 0.291 e. The maximum absolute atomic E-state index is 13.3. The van der Waals surface area contributed by atoms with Crippen molar-refractivity contribution in [3.8, 4) is 0 Å². The largest absolute Gasteiger partial charge is 0.467 e. The summed E-state index contributed by atoms with van der Waals surface area (Å²) >= 11 is 3.39. The summed E-state index contributed by atoms with van der Waals surface area (Å²) in [6, 6.07) is 11.7. The minimum atomic E-state index is -0.596. The van der Waals surface area contributed by atoms with E-state index in [2.05, 4.69) is 20.9 Å². The van der Waals surface area contributed by atoms with Gasteiger partial charge < -0.3 is 13.7 Å². The molecule has 1 aliphatic heterocycles. The van der Waals surface area contributed by atoms with Crippen molar-refractivity contribution in [1.29, 1.82) is 0 Å². The van der Waals surface area contributed by atoms with Crippen molar-refractivity contribution in [3.63, 3.8) is 0 Å². The standard InChI is InChI=1S/C21H13BrN2O4/c22-13-5-6-16-15(9-13)19(25)17-18(12-3-1-7-23-10-12)24(21(26)20(17)28-16)11-14-4-2-8-27-14/h1-10,18H,11H2. The Balaban J connectivity index is 1.76. The fraction of sp³-hybridized carbons (Fsp3) is 0.0952. The van der Waals surface area contributed by atoms with Gasteiger partial charge in [0.2, 0.25) is 5.76 Å². The van der Waals surface area contributed by atoms with Gasteiger partial charge in [-0.1, -0.05) is 22.0 Å². The number of benzene rings is 1. The van der Waals surface area contributed by atoms with Crippen LogP contribution in [0.25, 0.3) is 11.0 Å². The zero-order valence-corrected chi connectivity index (χ0v) is 16.0. The molecule has 0 saturated carbocycles. The first kappa shape index (κ1) is 16.9. The predicted octanol–water partition coefficient (Wildman–Crippen LogP) is 4.29. The van der Waals surface area contributed by atoms with Gasteiger partial charge in [0.15, 0.2) is 5.43 Å². The highest BCUT2D eigenvalue weighted by atomic mass is 79.9. The van der Waals surface area contributed by atoms with Crippen LogP contribution in [0, 0.1) is 0 Å². The number of furan rings is 1. The molecule has 138 valence electrons. The number of aromatic nitrogens is 1. The Bertz CT molecular complexity index is 1250. The van der Waals surface area contributed by atoms with Crippen molar-refractivity contribution in [2.75, 3.05) is 0 Å². The molecule has 4 aromatic rings. The Hall–Kier alpha value is -3.19. The van der Waals surface area contributed by atoms with E-state index >= 15 is 0 Å². The lowest BCUT2D eigenvalue weighted by Gasteiger charge is -2.23. The molecule has 1 amide bonds. The molecule has 0 radical (unpaired) electrons. The smallest absolute Gasteiger partial charge is 0.291 e. The molecule has 1 aromatic carbocycles. The zero-order valence-electron chi connectivity index (χ0n) is 14.5. The van der Waals surface area contributed by atoms with Gasteiger partial charge in [-0.2, -0.15) is 0 Å². The van der Waals surface area contributed by atoms with Crippen LogP contribution in [0.2, 0.25) is 0 Å². The van der Waals surface area contributed by atoms with Crippen LogP contribution < -0.4 is 5.43 Å². The van der Waals surface area contributed by atoms with Crippen LogP contribution in [-0.2, 0) is 6.54 Å². The van der Waals surface area contributed by atoms with Crippen molar-refractivity contribution in [3.05, 3.63) is 98.5 Å². The molecule has 1 unspecified atom stereocenters. The lowest BCUT2D eigenvalue weighted by molar-refractivity contribution is 0.0701. The van der Waals surface area contributed by atoms with Gasteiger partial charge in [-0.3, -0.25) is 14.6 Å². The van der Waals surface area contributed by atoms with Gasteiger partial charge in [0.05, 0.1) is 29.8 Å². The number of amides is 1. The molecule has 7 heteroatoms. The number of fused-ring (bicyclic) bond motifs is 2. The van der Waals surface area contributed by atoms with E-state index in [0.717, 1.165) is 10.0 Å². The summed E-state index contributed by atoms with van der Waals surface area (Å²) in [5.74, 6) is 0.345. The van der Waals surface area contributed by atoms with E-state index in [0.29, 0.717) is 22.3 Å². The summed E-state index contributed by atoms with van der Waals surface area (Å²) in [6.07, 6.45) is 4.86. The van der Waals surface area contributed by atoms with E-state index in [1.54, 1.807) is 60.0 Å². The molecule has 0 saturated heterocycles. The number of hydrogen-bond acceptors (Lipinski definition) is 5. The van der Waals surface area contributed by atoms with Gasteiger partial charge in [-0.05, 0) is 42.0 Å². The third kappa shape index (κ3) is 2.58. The van der Waals surface area contributed by atoms with Crippen LogP contribution in [0.5, 0.6) is 0 Å². The third-order valence-electron chi connectivity index (χ3n) is 4.83. The minimum absolute atomic E-state index is 0.0697. The van der Waals surface area contributed by atoms with Crippen molar-refractivity contribution < 1.29 is 13.6 Å². The van der Waals surface area contributed by atoms with Crippen LogP contribution in [0.3, 0.4) is 0 Å². The van der Waals surface area contributed by atoms with Gasteiger partial charge in [0.1, 0.15) is 11.3 Å². The first-order valence-electron chi connectivity index (χ1n) is 8.63. The summed E-state index contributed by atoms with van der Waals surface area (Å²) in [7, 11) is 0. The molecule has 4 heterocycles. The molecule has 0 aliphatic carbocycles. The molecule has 3 aromatic heterocycles. The molecule has 0 fully saturated rings. The van der Waals surface area contributed by atoms with Crippen LogP contribution >= 0.6 is 15.9 Å². The maximum atomic E-state index is 13.3. The number of nitrogens with zero attached hydrogens (tertiary/aromatic N) is 2. The Morgan fingerprint density at radius 1 is 1.14 bits per heavy atom. The second kappa shape index (κ2) is 6.45. The van der Waals surface area contributed by atoms with E-state index in [1.165, 1.54) is 0 Å². The summed E-state index contributed by atoms with van der Waals surface area (Å²) in [4.78, 5) is 32.3. The monoisotopic (exact) mass is 436 g/mol. The van der Waals surface area contributed by atoms with Crippen molar-refractivity contribution in [1.82, 2.24) is 9.88 Å². The summed E-state index contributed by atoms with van der Waals surface area (Å²) in [6.45, 7) is 0.217. The average molecular weight is 437 g/mol. The van der Waals surface area contributed by atoms with E-state index in [9.17, 15) is 9.59 Å². The third-order valence-corrected chi connectivity index (χ3v) is 5.33. The highest BCUT2D eigenvalue weighted by molar-refractivity contribution is 9.10. The van der Waals surface area contributed by atoms with Gasteiger partial charge in [0.25, 0.3) is 5.91 Å². The Kier molecular flexibility index (Phi) is 3.91. The number of rotatable bonds is 3. The lowest BCUT2D eigenvalue weighted by atomic mass is 10.00. The minimum Gasteiger partial charge on any atom is -0.467 e. The van der Waals surface area contributed by atoms with Gasteiger partial charge in [-0.25, -0.2) is 0 Å². The van der Waals surface area contributed by atoms with Crippen molar-refractivity contribution in [2.24, 2.45) is 0 Å². The summed E-state index contributed by atoms with van der Waals surface area (Å²) < 4.78 is 12.1. The second-order valence-electron chi connectivity index (χ2n) is 6.52. The molecule has 0 N–H and O–H groups in total. The fourth-order valence-corrected chi connectivity index (χ4v) is 3.97. The second-order valence-corrected chi connectivity index (χ2v) is 7.43. The number of halogens is 1. The molecule has 0 bridgehead atoms. The molecule has 1 atom stereocenters. The highest BCUT2D eigenvalue weighted by Crippen LogP contribution is 2.39. The zero-order chi connectivity index (χ0) is 19.3. The first-order chi connectivity index (χ1) is 13.6. The van der Waals surface area contributed by atoms with Gasteiger partial charge >= 0.3 is 0 Å². The molecule has 6 nitrogen and oxygen atoms in total. The molecule has 5 rings (SSSR count). The Morgan fingerprint density at radius 2 is 2.04 bits per heavy atom. The van der Waals surface area contributed by atoms with Gasteiger partial charge in [-0.15, -0.1) is 0 Å². The molecular formula is C21H13BrN2O4. The number of hydrogen-bond donors (Lipinski definition) is 0. The van der Waals surface area contributed by atoms with Crippen LogP contribution in [0.15, 0.2) is 79.2 Å². The Morgan fingerprint density at radius 3 is 2.79 bits per heavy atom. The van der Waals surface area contributed by atoms with Gasteiger partial charge in [0, 0.05) is 16.9 Å². The van der Waals surface area contributed by atoms with E-state index in [1.807, 2.05) is 6.07 Å². The molecule has 1 aliphatic rings. The normalized spacial score (nSPS) is 16.0. The van der Waals surface area contributed by atoms with Crippen LogP contribution in [0.4, 0.5) is 0 Å². The fourth-order valence-electron chi connectivity index (χ4n) is 3.61. The van der Waals surface area contributed by atoms with Crippen LogP contribution in [0.1, 0.15) is 33.5 Å². The summed E-state index contributed by atoms with van der Waals surface area (Å²) in [5.41, 5.74) is 1.23. The van der Waals surface area contributed by atoms with Crippen molar-refractivity contribution in [2.45, 2.75) is 12.6 Å². The highest BCUT2D eigenvalue weighted by Gasteiger charge is 2.43. The van der Waals surface area contributed by atoms with E-state index < -0.39 is 6.04 Å². The lowest BCUT2D eigenvalue weighted by Crippen LogP contribution is -2.29. The topological polar surface area (TPSA) is 76.6 Å². The quantitative estimate of drug-likeness (QED) is 0.478. The van der Waals surface area contributed by atoms with Crippen LogP contribution in [-0.4, -0.2) is 15.8 Å². The molecule has 0 spiro atoms. The first-order valence-corrected chi connectivity index (χ1v) is 9.42. The van der Waals surface area contributed by atoms with E-state index in [4.69, 9.17) is 8.83 Å². The Labute approximate surface area is 167 Å². The summed E-state index contributed by atoms with van der Waals surface area (Å²) in [5, 5.41) is 0.426. The average Bonchev–Trinajstić information content (AvgIpc) is 3.31. The number of carbonyl (C=O) groups is 1. The number of pyridine rings is 1. The predicted molar refractivity (Wildman–Crippen MR) is 105 cm³/mol. The molecule has 28 heavy (non-hydrogen) atoms.